The Morgan fingerprint density at radius 3 is 3.00 bits per heavy atom. The van der Waals surface area contributed by atoms with Crippen molar-refractivity contribution in [3.63, 3.8) is 0 Å². The summed E-state index contributed by atoms with van der Waals surface area (Å²) in [6.45, 7) is 3.79. The quantitative estimate of drug-likeness (QED) is 0.769. The molecule has 0 saturated carbocycles. The van der Waals surface area contributed by atoms with Crippen LogP contribution < -0.4 is 5.32 Å². The van der Waals surface area contributed by atoms with Gasteiger partial charge in [-0.05, 0) is 37.9 Å². The number of methoxy groups -OCH3 is 1. The molecule has 1 aromatic carbocycles. The lowest BCUT2D eigenvalue weighted by Crippen LogP contribution is -2.56. The van der Waals surface area contributed by atoms with Gasteiger partial charge in [0.2, 0.25) is 5.91 Å². The van der Waals surface area contributed by atoms with E-state index in [0.717, 1.165) is 37.2 Å². The lowest BCUT2D eigenvalue weighted by molar-refractivity contribution is -0.139. The van der Waals surface area contributed by atoms with Gasteiger partial charge in [-0.3, -0.25) is 9.69 Å². The van der Waals surface area contributed by atoms with Gasteiger partial charge in [0, 0.05) is 30.1 Å². The fourth-order valence-electron chi connectivity index (χ4n) is 5.77. The zero-order valence-corrected chi connectivity index (χ0v) is 15.6. The number of nitrogens with zero attached hydrogens (tertiary/aromatic N) is 1. The average Bonchev–Trinajstić information content (AvgIpc) is 3.20. The first kappa shape index (κ1) is 16.8. The molecule has 4 heterocycles. The van der Waals surface area contributed by atoms with Crippen LogP contribution in [-0.4, -0.2) is 49.1 Å². The number of amides is 1. The highest BCUT2D eigenvalue weighted by Gasteiger charge is 2.61. The predicted octanol–water partition coefficient (Wildman–Crippen LogP) is 2.06. The molecule has 1 N–H and O–H groups in total. The van der Waals surface area contributed by atoms with Crippen LogP contribution in [-0.2, 0) is 24.5 Å². The highest BCUT2D eigenvalue weighted by Crippen LogP contribution is 2.53. The Bertz CT molecular complexity index is 850. The summed E-state index contributed by atoms with van der Waals surface area (Å²) in [5, 5.41) is 3.09. The lowest BCUT2D eigenvalue weighted by Gasteiger charge is -2.48. The number of piperidine rings is 1. The number of hydrogen-bond acceptors (Lipinski definition) is 5. The van der Waals surface area contributed by atoms with E-state index in [4.69, 9.17) is 9.47 Å². The summed E-state index contributed by atoms with van der Waals surface area (Å²) in [6, 6.07) is 8.10. The van der Waals surface area contributed by atoms with Crippen LogP contribution in [0.5, 0.6) is 0 Å². The summed E-state index contributed by atoms with van der Waals surface area (Å²) in [6.07, 6.45) is 3.20. The Morgan fingerprint density at radius 1 is 1.37 bits per heavy atom. The summed E-state index contributed by atoms with van der Waals surface area (Å²) in [5.41, 5.74) is 2.11. The Hall–Kier alpha value is -2.34. The molecular formula is C21H24N2O4. The van der Waals surface area contributed by atoms with Crippen LogP contribution >= 0.6 is 0 Å². The number of nitrogens with one attached hydrogen (secondary N) is 1. The maximum absolute atomic E-state index is 13.1. The maximum atomic E-state index is 13.1. The van der Waals surface area contributed by atoms with Crippen molar-refractivity contribution in [1.29, 1.82) is 0 Å². The molecule has 6 heteroatoms. The van der Waals surface area contributed by atoms with Crippen LogP contribution in [0.4, 0.5) is 5.69 Å². The summed E-state index contributed by atoms with van der Waals surface area (Å²) in [4.78, 5) is 27.9. The molecule has 4 aliphatic rings. The van der Waals surface area contributed by atoms with Crippen molar-refractivity contribution < 1.29 is 19.1 Å². The molecule has 4 aliphatic heterocycles. The number of anilines is 1. The molecule has 142 valence electrons. The van der Waals surface area contributed by atoms with Crippen LogP contribution in [0.1, 0.15) is 25.3 Å². The van der Waals surface area contributed by atoms with Crippen molar-refractivity contribution in [3.8, 4) is 0 Å². The standard InChI is InChI=1S/C21H24N2O4/c1-12-14-10-23-8-7-21(16-5-3-4-6-17(16)22-20(21)25)18(23)9-13(14)15(11-27-12)19(24)26-2/h3-6,11-14,18H,7-10H2,1-2H3,(H,22,25)/t12-,13?,14-,18-,21+/m0/s1. The second-order valence-electron chi connectivity index (χ2n) is 8.14. The fourth-order valence-corrected chi connectivity index (χ4v) is 5.77. The molecule has 1 aromatic rings. The molecule has 0 aliphatic carbocycles. The minimum absolute atomic E-state index is 0.0468. The van der Waals surface area contributed by atoms with E-state index in [2.05, 4.69) is 23.2 Å². The number of benzene rings is 1. The van der Waals surface area contributed by atoms with Crippen molar-refractivity contribution in [2.24, 2.45) is 11.8 Å². The summed E-state index contributed by atoms with van der Waals surface area (Å²) >= 11 is 0. The van der Waals surface area contributed by atoms with E-state index in [-0.39, 0.29) is 35.9 Å². The van der Waals surface area contributed by atoms with Gasteiger partial charge in [0.1, 0.15) is 0 Å². The van der Waals surface area contributed by atoms with Gasteiger partial charge < -0.3 is 14.8 Å². The van der Waals surface area contributed by atoms with Gasteiger partial charge in [0.05, 0.1) is 30.5 Å². The zero-order chi connectivity index (χ0) is 18.8. The molecule has 0 radical (unpaired) electrons. The van der Waals surface area contributed by atoms with E-state index in [1.807, 2.05) is 18.2 Å². The second kappa shape index (κ2) is 5.83. The number of para-hydroxylation sites is 1. The largest absolute Gasteiger partial charge is 0.497 e. The molecule has 5 atom stereocenters. The van der Waals surface area contributed by atoms with Crippen LogP contribution in [0.3, 0.4) is 0 Å². The third-order valence-electron chi connectivity index (χ3n) is 7.14. The number of esters is 1. The van der Waals surface area contributed by atoms with E-state index < -0.39 is 5.41 Å². The van der Waals surface area contributed by atoms with E-state index in [0.29, 0.717) is 5.57 Å². The number of carbonyl (C=O) groups is 2. The zero-order valence-electron chi connectivity index (χ0n) is 15.6. The Morgan fingerprint density at radius 2 is 2.19 bits per heavy atom. The molecule has 0 aromatic heterocycles. The van der Waals surface area contributed by atoms with Crippen molar-refractivity contribution in [2.75, 3.05) is 25.5 Å². The van der Waals surface area contributed by atoms with Crippen LogP contribution in [0, 0.1) is 11.8 Å². The lowest BCUT2D eigenvalue weighted by atomic mass is 9.66. The first-order valence-corrected chi connectivity index (χ1v) is 9.65. The number of hydrogen-bond donors (Lipinski definition) is 1. The molecule has 2 fully saturated rings. The Labute approximate surface area is 158 Å². The van der Waals surface area contributed by atoms with E-state index in [1.54, 1.807) is 6.26 Å². The Balaban J connectivity index is 1.55. The third kappa shape index (κ3) is 2.16. The van der Waals surface area contributed by atoms with Gasteiger partial charge in [-0.25, -0.2) is 4.79 Å². The first-order chi connectivity index (χ1) is 13.1. The van der Waals surface area contributed by atoms with Gasteiger partial charge in [-0.15, -0.1) is 0 Å². The predicted molar refractivity (Wildman–Crippen MR) is 99.0 cm³/mol. The molecule has 2 saturated heterocycles. The highest BCUT2D eigenvalue weighted by atomic mass is 16.5. The first-order valence-electron chi connectivity index (χ1n) is 9.65. The topological polar surface area (TPSA) is 67.9 Å². The van der Waals surface area contributed by atoms with Crippen molar-refractivity contribution in [2.45, 2.75) is 37.3 Å². The number of ether oxygens (including phenoxy) is 2. The van der Waals surface area contributed by atoms with Crippen LogP contribution in [0.15, 0.2) is 36.1 Å². The molecule has 1 spiro atoms. The number of rotatable bonds is 1. The highest BCUT2D eigenvalue weighted by molar-refractivity contribution is 6.07. The third-order valence-corrected chi connectivity index (χ3v) is 7.14. The van der Waals surface area contributed by atoms with Gasteiger partial charge in [-0.1, -0.05) is 18.2 Å². The van der Waals surface area contributed by atoms with E-state index >= 15 is 0 Å². The smallest absolute Gasteiger partial charge is 0.337 e. The number of carbonyl (C=O) groups excluding carboxylic acids is 2. The second-order valence-corrected chi connectivity index (χ2v) is 8.14. The van der Waals surface area contributed by atoms with E-state index in [1.165, 1.54) is 7.11 Å². The van der Waals surface area contributed by atoms with Gasteiger partial charge in [0.15, 0.2) is 0 Å². The minimum Gasteiger partial charge on any atom is -0.497 e. The monoisotopic (exact) mass is 368 g/mol. The van der Waals surface area contributed by atoms with Crippen molar-refractivity contribution in [1.82, 2.24) is 4.90 Å². The molecule has 6 nitrogen and oxygen atoms in total. The molecular weight excluding hydrogens is 344 g/mol. The molecule has 0 bridgehead atoms. The average molecular weight is 368 g/mol. The summed E-state index contributed by atoms with van der Waals surface area (Å²) < 4.78 is 10.8. The normalized spacial score (nSPS) is 37.0. The minimum atomic E-state index is -0.523. The summed E-state index contributed by atoms with van der Waals surface area (Å²) in [5.74, 6) is 0.0558. The molecule has 1 unspecified atom stereocenters. The van der Waals surface area contributed by atoms with Gasteiger partial charge in [-0.2, -0.15) is 0 Å². The maximum Gasteiger partial charge on any atom is 0.337 e. The van der Waals surface area contributed by atoms with Gasteiger partial charge in [0.25, 0.3) is 0 Å². The fraction of sp³-hybridized carbons (Fsp3) is 0.524. The van der Waals surface area contributed by atoms with Gasteiger partial charge >= 0.3 is 5.97 Å². The molecule has 1 amide bonds. The summed E-state index contributed by atoms with van der Waals surface area (Å²) in [7, 11) is 1.41. The molecule has 27 heavy (non-hydrogen) atoms. The van der Waals surface area contributed by atoms with Crippen molar-refractivity contribution >= 4 is 17.6 Å². The number of fused-ring (bicyclic) bond motifs is 5. The SMILES string of the molecule is COC(=O)C1=CO[C@@H](C)[C@@H]2CN3CC[C@]4(C(=O)Nc5ccccc54)[C@@H]3CC12. The van der Waals surface area contributed by atoms with Crippen LogP contribution in [0.2, 0.25) is 0 Å². The van der Waals surface area contributed by atoms with Crippen molar-refractivity contribution in [3.05, 3.63) is 41.7 Å². The van der Waals surface area contributed by atoms with E-state index in [9.17, 15) is 9.59 Å². The van der Waals surface area contributed by atoms with Crippen LogP contribution in [0.25, 0.3) is 0 Å². The molecule has 5 rings (SSSR count). The Kier molecular flexibility index (Phi) is 3.63.